The van der Waals surface area contributed by atoms with Gasteiger partial charge in [-0.3, -0.25) is 4.98 Å². The zero-order chi connectivity index (χ0) is 13.2. The van der Waals surface area contributed by atoms with Crippen LogP contribution in [0.4, 0.5) is 23.2 Å². The Kier molecular flexibility index (Phi) is 3.73. The number of nitrogens with zero attached hydrogens (tertiary/aromatic N) is 1. The Morgan fingerprint density at radius 2 is 1.89 bits per heavy atom. The third-order valence-electron chi connectivity index (χ3n) is 3.24. The summed E-state index contributed by atoms with van der Waals surface area (Å²) in [6.45, 7) is 0. The summed E-state index contributed by atoms with van der Waals surface area (Å²) < 4.78 is 51.5. The number of hydrogen-bond donors (Lipinski definition) is 1. The molecule has 0 saturated heterocycles. The van der Waals surface area contributed by atoms with E-state index in [2.05, 4.69) is 10.3 Å². The molecule has 6 heteroatoms. The topological polar surface area (TPSA) is 24.9 Å². The third-order valence-corrected chi connectivity index (χ3v) is 3.24. The van der Waals surface area contributed by atoms with Crippen LogP contribution >= 0.6 is 0 Å². The van der Waals surface area contributed by atoms with E-state index in [1.807, 2.05) is 0 Å². The van der Waals surface area contributed by atoms with Gasteiger partial charge in [0.1, 0.15) is 5.82 Å². The van der Waals surface area contributed by atoms with Crippen LogP contribution in [0.1, 0.15) is 25.7 Å². The molecule has 1 aliphatic rings. The van der Waals surface area contributed by atoms with E-state index in [0.717, 1.165) is 18.7 Å². The Hall–Kier alpha value is -1.33. The van der Waals surface area contributed by atoms with Gasteiger partial charge in [0, 0.05) is 12.1 Å². The van der Waals surface area contributed by atoms with Gasteiger partial charge in [0.15, 0.2) is 0 Å². The number of pyridine rings is 1. The monoisotopic (exact) mass is 262 g/mol. The van der Waals surface area contributed by atoms with E-state index >= 15 is 0 Å². The highest BCUT2D eigenvalue weighted by Gasteiger charge is 2.45. The summed E-state index contributed by atoms with van der Waals surface area (Å²) in [5, 5.41) is 2.76. The largest absolute Gasteiger partial charge is 0.393 e. The number of halogens is 4. The lowest BCUT2D eigenvalue weighted by Crippen LogP contribution is -2.41. The molecular weight excluding hydrogens is 248 g/mol. The van der Waals surface area contributed by atoms with Gasteiger partial charge in [-0.15, -0.1) is 0 Å². The van der Waals surface area contributed by atoms with Crippen molar-refractivity contribution < 1.29 is 17.6 Å². The van der Waals surface area contributed by atoms with Gasteiger partial charge >= 0.3 is 6.18 Å². The second-order valence-electron chi connectivity index (χ2n) is 4.58. The molecule has 0 amide bonds. The highest BCUT2D eigenvalue weighted by Crippen LogP contribution is 2.38. The van der Waals surface area contributed by atoms with E-state index in [4.69, 9.17) is 0 Å². The molecule has 0 radical (unpaired) electrons. The Morgan fingerprint density at radius 1 is 1.17 bits per heavy atom. The number of nitrogens with one attached hydrogen (secondary N) is 1. The third kappa shape index (κ3) is 3.11. The summed E-state index contributed by atoms with van der Waals surface area (Å²) in [6.07, 6.45) is 0.0681. The van der Waals surface area contributed by atoms with Crippen LogP contribution in [0.15, 0.2) is 18.5 Å². The van der Waals surface area contributed by atoms with Crippen molar-refractivity contribution in [2.45, 2.75) is 37.9 Å². The fourth-order valence-electron chi connectivity index (χ4n) is 2.40. The molecule has 2 rings (SSSR count). The molecule has 100 valence electrons. The van der Waals surface area contributed by atoms with Gasteiger partial charge in [-0.2, -0.15) is 13.2 Å². The number of hydrogen-bond acceptors (Lipinski definition) is 2. The normalized spacial score (nSPS) is 24.9. The van der Waals surface area contributed by atoms with Crippen LogP contribution in [-0.2, 0) is 0 Å². The summed E-state index contributed by atoms with van der Waals surface area (Å²) >= 11 is 0. The van der Waals surface area contributed by atoms with Gasteiger partial charge < -0.3 is 5.32 Å². The van der Waals surface area contributed by atoms with Gasteiger partial charge in [-0.25, -0.2) is 4.39 Å². The second kappa shape index (κ2) is 5.12. The van der Waals surface area contributed by atoms with Gasteiger partial charge in [0.25, 0.3) is 0 Å². The number of alkyl halides is 3. The molecule has 1 aromatic heterocycles. The minimum atomic E-state index is -4.21. The predicted molar refractivity (Wildman–Crippen MR) is 59.6 cm³/mol. The molecule has 2 unspecified atom stereocenters. The van der Waals surface area contributed by atoms with Gasteiger partial charge in [0.05, 0.1) is 24.0 Å². The highest BCUT2D eigenvalue weighted by molar-refractivity contribution is 5.41. The quantitative estimate of drug-likeness (QED) is 0.821. The van der Waals surface area contributed by atoms with Crippen molar-refractivity contribution in [1.29, 1.82) is 0 Å². The van der Waals surface area contributed by atoms with Crippen LogP contribution in [0.3, 0.4) is 0 Å². The number of aromatic nitrogens is 1. The SMILES string of the molecule is Fc1cncc(NC2CCCCC2C(F)(F)F)c1. The molecular formula is C12H14F4N2. The summed E-state index contributed by atoms with van der Waals surface area (Å²) in [6, 6.07) is 0.469. The smallest absolute Gasteiger partial charge is 0.380 e. The molecule has 18 heavy (non-hydrogen) atoms. The van der Waals surface area contributed by atoms with E-state index in [9.17, 15) is 17.6 Å². The molecule has 1 heterocycles. The van der Waals surface area contributed by atoms with Crippen molar-refractivity contribution in [2.75, 3.05) is 5.32 Å². The standard InChI is InChI=1S/C12H14F4N2/c13-8-5-9(7-17-6-8)18-11-4-2-1-3-10(11)12(14,15)16/h5-7,10-11,18H,1-4H2. The summed E-state index contributed by atoms with van der Waals surface area (Å²) in [4.78, 5) is 3.62. The van der Waals surface area contributed by atoms with E-state index in [0.29, 0.717) is 18.5 Å². The lowest BCUT2D eigenvalue weighted by molar-refractivity contribution is -0.184. The maximum atomic E-state index is 12.9. The van der Waals surface area contributed by atoms with Crippen LogP contribution in [-0.4, -0.2) is 17.2 Å². The van der Waals surface area contributed by atoms with Crippen LogP contribution in [0.5, 0.6) is 0 Å². The molecule has 1 saturated carbocycles. The Morgan fingerprint density at radius 3 is 2.56 bits per heavy atom. The number of anilines is 1. The van der Waals surface area contributed by atoms with E-state index in [1.165, 1.54) is 6.20 Å². The van der Waals surface area contributed by atoms with Gasteiger partial charge in [-0.1, -0.05) is 12.8 Å². The zero-order valence-corrected chi connectivity index (χ0v) is 9.67. The van der Waals surface area contributed by atoms with Crippen LogP contribution < -0.4 is 5.32 Å². The van der Waals surface area contributed by atoms with E-state index in [-0.39, 0.29) is 6.42 Å². The van der Waals surface area contributed by atoms with E-state index in [1.54, 1.807) is 0 Å². The Bertz CT molecular complexity index is 405. The molecule has 0 aromatic carbocycles. The number of rotatable bonds is 2. The molecule has 0 bridgehead atoms. The lowest BCUT2D eigenvalue weighted by Gasteiger charge is -2.34. The van der Waals surface area contributed by atoms with Crippen LogP contribution in [0.2, 0.25) is 0 Å². The van der Waals surface area contributed by atoms with Crippen molar-refractivity contribution in [1.82, 2.24) is 4.98 Å². The molecule has 2 atom stereocenters. The minimum Gasteiger partial charge on any atom is -0.380 e. The van der Waals surface area contributed by atoms with E-state index < -0.39 is 24.0 Å². The fourth-order valence-corrected chi connectivity index (χ4v) is 2.40. The van der Waals surface area contributed by atoms with Crippen LogP contribution in [0, 0.1) is 11.7 Å². The molecule has 1 N–H and O–H groups in total. The Labute approximate surface area is 102 Å². The summed E-state index contributed by atoms with van der Waals surface area (Å²) in [5.74, 6) is -1.92. The van der Waals surface area contributed by atoms with Crippen molar-refractivity contribution in [2.24, 2.45) is 5.92 Å². The average Bonchev–Trinajstić information content (AvgIpc) is 2.28. The average molecular weight is 262 g/mol. The first-order valence-electron chi connectivity index (χ1n) is 5.90. The maximum Gasteiger partial charge on any atom is 0.393 e. The van der Waals surface area contributed by atoms with Gasteiger partial charge in [0.2, 0.25) is 0 Å². The van der Waals surface area contributed by atoms with Crippen molar-refractivity contribution in [3.05, 3.63) is 24.3 Å². The maximum absolute atomic E-state index is 12.9. The first-order valence-corrected chi connectivity index (χ1v) is 5.90. The molecule has 1 aliphatic carbocycles. The van der Waals surface area contributed by atoms with Gasteiger partial charge in [-0.05, 0) is 12.8 Å². The molecule has 0 aliphatic heterocycles. The molecule has 0 spiro atoms. The highest BCUT2D eigenvalue weighted by atomic mass is 19.4. The fraction of sp³-hybridized carbons (Fsp3) is 0.583. The summed E-state index contributed by atoms with van der Waals surface area (Å²) in [7, 11) is 0. The van der Waals surface area contributed by atoms with Crippen molar-refractivity contribution in [3.63, 3.8) is 0 Å². The van der Waals surface area contributed by atoms with Crippen molar-refractivity contribution in [3.8, 4) is 0 Å². The molecule has 1 aromatic rings. The second-order valence-corrected chi connectivity index (χ2v) is 4.58. The lowest BCUT2D eigenvalue weighted by atomic mass is 9.84. The molecule has 2 nitrogen and oxygen atoms in total. The first kappa shape index (κ1) is 13.1. The van der Waals surface area contributed by atoms with Crippen LogP contribution in [0.25, 0.3) is 0 Å². The predicted octanol–water partition coefficient (Wildman–Crippen LogP) is 3.75. The zero-order valence-electron chi connectivity index (χ0n) is 9.67. The summed E-state index contributed by atoms with van der Waals surface area (Å²) in [5.41, 5.74) is 0.302. The molecule has 1 fully saturated rings. The Balaban J connectivity index is 2.10. The minimum absolute atomic E-state index is 0.129. The first-order chi connectivity index (χ1) is 8.47. The van der Waals surface area contributed by atoms with Crippen molar-refractivity contribution >= 4 is 5.69 Å².